The minimum atomic E-state index is -0.835. The molecule has 0 spiro atoms. The van der Waals surface area contributed by atoms with Crippen LogP contribution < -0.4 is 0 Å². The summed E-state index contributed by atoms with van der Waals surface area (Å²) in [4.78, 5) is 26.3. The number of nitrogens with zero attached hydrogens (tertiary/aromatic N) is 1. The van der Waals surface area contributed by atoms with E-state index in [9.17, 15) is 9.59 Å². The summed E-state index contributed by atoms with van der Waals surface area (Å²) in [6.07, 6.45) is 1.37. The van der Waals surface area contributed by atoms with E-state index < -0.39 is 11.8 Å². The Balaban J connectivity index is 2.79. The van der Waals surface area contributed by atoms with Gasteiger partial charge in [-0.2, -0.15) is 0 Å². The van der Waals surface area contributed by atoms with Crippen molar-refractivity contribution in [1.29, 1.82) is 0 Å². The largest absolute Gasteiger partial charge is 0.460 e. The second-order valence-corrected chi connectivity index (χ2v) is 2.74. The second kappa shape index (κ2) is 4.50. The monoisotopic (exact) mass is 193 g/mol. The molecule has 0 aliphatic heterocycles. The predicted molar refractivity (Wildman–Crippen MR) is 49.9 cm³/mol. The lowest BCUT2D eigenvalue weighted by Crippen LogP contribution is -2.17. The summed E-state index contributed by atoms with van der Waals surface area (Å²) in [5, 5.41) is 0. The van der Waals surface area contributed by atoms with Gasteiger partial charge in [-0.25, -0.2) is 4.79 Å². The minimum Gasteiger partial charge on any atom is -0.460 e. The topological polar surface area (TPSA) is 56.3 Å². The lowest BCUT2D eigenvalue weighted by molar-refractivity contribution is -0.137. The van der Waals surface area contributed by atoms with Crippen LogP contribution in [0.2, 0.25) is 0 Å². The van der Waals surface area contributed by atoms with Crippen molar-refractivity contribution >= 4 is 11.8 Å². The Morgan fingerprint density at radius 2 is 2.14 bits per heavy atom. The number of aryl methyl sites for hydroxylation is 1. The maximum Gasteiger partial charge on any atom is 0.379 e. The molecule has 0 radical (unpaired) electrons. The first-order chi connectivity index (χ1) is 6.65. The van der Waals surface area contributed by atoms with Crippen LogP contribution in [0, 0.1) is 6.92 Å². The average Bonchev–Trinajstić information content (AvgIpc) is 2.18. The highest BCUT2D eigenvalue weighted by Crippen LogP contribution is 2.01. The van der Waals surface area contributed by atoms with Gasteiger partial charge in [0.25, 0.3) is 5.78 Å². The van der Waals surface area contributed by atoms with Crippen molar-refractivity contribution in [3.63, 3.8) is 0 Å². The summed E-state index contributed by atoms with van der Waals surface area (Å²) >= 11 is 0. The van der Waals surface area contributed by atoms with E-state index in [4.69, 9.17) is 0 Å². The van der Waals surface area contributed by atoms with E-state index in [2.05, 4.69) is 9.72 Å². The van der Waals surface area contributed by atoms with Crippen LogP contribution in [0.4, 0.5) is 0 Å². The number of carbonyl (C=O) groups excluding carboxylic acids is 2. The Labute approximate surface area is 81.9 Å². The summed E-state index contributed by atoms with van der Waals surface area (Å²) in [6.45, 7) is 3.65. The molecule has 0 saturated carbocycles. The Kier molecular flexibility index (Phi) is 3.34. The third kappa shape index (κ3) is 2.39. The molecule has 0 unspecified atom stereocenters. The molecule has 1 aromatic heterocycles. The van der Waals surface area contributed by atoms with Crippen LogP contribution in [0.3, 0.4) is 0 Å². The van der Waals surface area contributed by atoms with Crippen molar-refractivity contribution in [2.45, 2.75) is 13.8 Å². The molecule has 0 amide bonds. The molecule has 74 valence electrons. The summed E-state index contributed by atoms with van der Waals surface area (Å²) in [6, 6.07) is 3.23. The van der Waals surface area contributed by atoms with Crippen molar-refractivity contribution in [2.75, 3.05) is 6.61 Å². The van der Waals surface area contributed by atoms with E-state index in [0.29, 0.717) is 0 Å². The van der Waals surface area contributed by atoms with E-state index in [1.807, 2.05) is 0 Å². The molecular formula is C10H11NO3. The van der Waals surface area contributed by atoms with Gasteiger partial charge < -0.3 is 4.74 Å². The van der Waals surface area contributed by atoms with Gasteiger partial charge in [-0.15, -0.1) is 0 Å². The molecule has 0 aliphatic carbocycles. The number of carbonyl (C=O) groups is 2. The van der Waals surface area contributed by atoms with E-state index in [1.54, 1.807) is 26.0 Å². The highest BCUT2D eigenvalue weighted by atomic mass is 16.5. The fourth-order valence-electron chi connectivity index (χ4n) is 0.917. The molecule has 0 atom stereocenters. The van der Waals surface area contributed by atoms with Crippen LogP contribution in [0.25, 0.3) is 0 Å². The molecule has 0 saturated heterocycles. The molecule has 14 heavy (non-hydrogen) atoms. The van der Waals surface area contributed by atoms with Crippen LogP contribution >= 0.6 is 0 Å². The Bertz CT molecular complexity index is 343. The molecule has 1 heterocycles. The van der Waals surface area contributed by atoms with Crippen LogP contribution in [0.5, 0.6) is 0 Å². The number of esters is 1. The maximum atomic E-state index is 11.3. The molecule has 0 aromatic carbocycles. The van der Waals surface area contributed by atoms with Crippen molar-refractivity contribution in [2.24, 2.45) is 0 Å². The van der Waals surface area contributed by atoms with Gasteiger partial charge in [0.15, 0.2) is 0 Å². The summed E-state index contributed by atoms with van der Waals surface area (Å²) in [5.74, 6) is -1.49. The van der Waals surface area contributed by atoms with Gasteiger partial charge in [0.2, 0.25) is 0 Å². The molecule has 1 rings (SSSR count). The Morgan fingerprint density at radius 3 is 2.64 bits per heavy atom. The standard InChI is InChI=1S/C10H11NO3/c1-3-14-10(13)9(12)8-5-4-7(2)11-6-8/h4-6H,3H2,1-2H3. The first kappa shape index (κ1) is 10.4. The first-order valence-electron chi connectivity index (χ1n) is 4.29. The Hall–Kier alpha value is -1.71. The van der Waals surface area contributed by atoms with E-state index in [1.165, 1.54) is 6.20 Å². The molecule has 0 aliphatic rings. The number of pyridine rings is 1. The number of aromatic nitrogens is 1. The fraction of sp³-hybridized carbons (Fsp3) is 0.300. The molecule has 4 nitrogen and oxygen atoms in total. The van der Waals surface area contributed by atoms with Crippen LogP contribution in [-0.2, 0) is 9.53 Å². The summed E-state index contributed by atoms with van der Waals surface area (Å²) in [5.41, 5.74) is 1.06. The number of Topliss-reactive ketones (excluding diaryl/α,β-unsaturated/α-hetero) is 1. The lowest BCUT2D eigenvalue weighted by Gasteiger charge is -2.00. The van der Waals surface area contributed by atoms with Crippen LogP contribution in [-0.4, -0.2) is 23.3 Å². The first-order valence-corrected chi connectivity index (χ1v) is 4.29. The van der Waals surface area contributed by atoms with Crippen molar-refractivity contribution in [3.8, 4) is 0 Å². The minimum absolute atomic E-state index is 0.198. The number of ketones is 1. The smallest absolute Gasteiger partial charge is 0.379 e. The van der Waals surface area contributed by atoms with Crippen molar-refractivity contribution in [3.05, 3.63) is 29.6 Å². The predicted octanol–water partition coefficient (Wildman–Crippen LogP) is 1.14. The van der Waals surface area contributed by atoms with Gasteiger partial charge in [-0.05, 0) is 26.0 Å². The molecule has 1 aromatic rings. The highest BCUT2D eigenvalue weighted by Gasteiger charge is 2.16. The van der Waals surface area contributed by atoms with Gasteiger partial charge in [0, 0.05) is 17.5 Å². The molecule has 0 bridgehead atoms. The van der Waals surface area contributed by atoms with Gasteiger partial charge in [0.05, 0.1) is 6.61 Å². The molecule has 0 fully saturated rings. The van der Waals surface area contributed by atoms with Gasteiger partial charge in [0.1, 0.15) is 0 Å². The van der Waals surface area contributed by atoms with E-state index in [0.717, 1.165) is 5.69 Å². The lowest BCUT2D eigenvalue weighted by atomic mass is 10.2. The number of ether oxygens (including phenoxy) is 1. The summed E-state index contributed by atoms with van der Waals surface area (Å²) < 4.78 is 4.57. The van der Waals surface area contributed by atoms with Crippen LogP contribution in [0.15, 0.2) is 18.3 Å². The summed E-state index contributed by atoms with van der Waals surface area (Å²) in [7, 11) is 0. The zero-order chi connectivity index (χ0) is 10.6. The van der Waals surface area contributed by atoms with Crippen molar-refractivity contribution in [1.82, 2.24) is 4.98 Å². The zero-order valence-corrected chi connectivity index (χ0v) is 8.11. The highest BCUT2D eigenvalue weighted by molar-refractivity contribution is 6.40. The molecular weight excluding hydrogens is 182 g/mol. The fourth-order valence-corrected chi connectivity index (χ4v) is 0.917. The maximum absolute atomic E-state index is 11.3. The van der Waals surface area contributed by atoms with Gasteiger partial charge in [-0.1, -0.05) is 0 Å². The second-order valence-electron chi connectivity index (χ2n) is 2.74. The third-order valence-electron chi connectivity index (χ3n) is 1.63. The van der Waals surface area contributed by atoms with E-state index in [-0.39, 0.29) is 12.2 Å². The van der Waals surface area contributed by atoms with Crippen LogP contribution in [0.1, 0.15) is 23.0 Å². The van der Waals surface area contributed by atoms with Gasteiger partial charge in [-0.3, -0.25) is 9.78 Å². The number of hydrogen-bond donors (Lipinski definition) is 0. The normalized spacial score (nSPS) is 9.57. The number of rotatable bonds is 3. The Morgan fingerprint density at radius 1 is 1.43 bits per heavy atom. The van der Waals surface area contributed by atoms with E-state index >= 15 is 0 Å². The van der Waals surface area contributed by atoms with Gasteiger partial charge >= 0.3 is 5.97 Å². The molecule has 4 heteroatoms. The average molecular weight is 193 g/mol. The SMILES string of the molecule is CCOC(=O)C(=O)c1ccc(C)nc1. The quantitative estimate of drug-likeness (QED) is 0.410. The molecule has 0 N–H and O–H groups in total. The number of hydrogen-bond acceptors (Lipinski definition) is 4. The van der Waals surface area contributed by atoms with Crippen molar-refractivity contribution < 1.29 is 14.3 Å². The zero-order valence-electron chi connectivity index (χ0n) is 8.11. The third-order valence-corrected chi connectivity index (χ3v) is 1.63.